The molecule has 86 valence electrons. The molecule has 1 unspecified atom stereocenters. The van der Waals surface area contributed by atoms with E-state index >= 15 is 0 Å². The van der Waals surface area contributed by atoms with E-state index in [0.29, 0.717) is 12.4 Å². The fourth-order valence-electron chi connectivity index (χ4n) is 1.71. The standard InChI is InChI=1S/C12H13F2NO/c13-9-5-3-4-8(11(9)14)12(15)10-6-1-2-7-16-10/h3-6,12H,1-2,7,15H2. The van der Waals surface area contributed by atoms with Crippen LogP contribution in [0, 0.1) is 11.6 Å². The first kappa shape index (κ1) is 11.1. The van der Waals surface area contributed by atoms with Gasteiger partial charge in [0.15, 0.2) is 11.6 Å². The summed E-state index contributed by atoms with van der Waals surface area (Å²) in [6, 6.07) is 3.26. The van der Waals surface area contributed by atoms with Crippen molar-refractivity contribution in [1.82, 2.24) is 0 Å². The van der Waals surface area contributed by atoms with Crippen LogP contribution in [0.2, 0.25) is 0 Å². The second-order valence-electron chi connectivity index (χ2n) is 3.72. The van der Waals surface area contributed by atoms with E-state index < -0.39 is 17.7 Å². The summed E-state index contributed by atoms with van der Waals surface area (Å²) in [5, 5.41) is 0. The average molecular weight is 225 g/mol. The Morgan fingerprint density at radius 1 is 1.31 bits per heavy atom. The molecule has 2 N–H and O–H groups in total. The molecule has 0 fully saturated rings. The second kappa shape index (κ2) is 4.61. The van der Waals surface area contributed by atoms with E-state index in [1.807, 2.05) is 6.08 Å². The van der Waals surface area contributed by atoms with Crippen LogP contribution in [0.4, 0.5) is 8.78 Å². The maximum absolute atomic E-state index is 13.5. The molecule has 2 rings (SSSR count). The number of ether oxygens (including phenoxy) is 1. The number of nitrogens with two attached hydrogens (primary N) is 1. The molecule has 1 aliphatic rings. The molecule has 0 amide bonds. The Balaban J connectivity index is 2.29. The highest BCUT2D eigenvalue weighted by Crippen LogP contribution is 2.26. The Morgan fingerprint density at radius 2 is 2.12 bits per heavy atom. The first-order valence-electron chi connectivity index (χ1n) is 5.22. The lowest BCUT2D eigenvalue weighted by atomic mass is 10.0. The van der Waals surface area contributed by atoms with Gasteiger partial charge in [0, 0.05) is 5.56 Å². The van der Waals surface area contributed by atoms with Crippen LogP contribution in [-0.4, -0.2) is 6.61 Å². The van der Waals surface area contributed by atoms with Crippen molar-refractivity contribution in [2.75, 3.05) is 6.61 Å². The van der Waals surface area contributed by atoms with Crippen LogP contribution in [0.3, 0.4) is 0 Å². The van der Waals surface area contributed by atoms with Crippen LogP contribution in [-0.2, 0) is 4.74 Å². The number of allylic oxidation sites excluding steroid dienone is 1. The van der Waals surface area contributed by atoms with Crippen molar-refractivity contribution in [2.45, 2.75) is 18.9 Å². The molecule has 16 heavy (non-hydrogen) atoms. The minimum absolute atomic E-state index is 0.133. The molecule has 1 aromatic rings. The van der Waals surface area contributed by atoms with Gasteiger partial charge in [-0.3, -0.25) is 0 Å². The van der Waals surface area contributed by atoms with Crippen LogP contribution in [0.15, 0.2) is 30.0 Å². The minimum atomic E-state index is -0.898. The first-order valence-corrected chi connectivity index (χ1v) is 5.22. The number of halogens is 2. The van der Waals surface area contributed by atoms with Crippen molar-refractivity contribution in [3.63, 3.8) is 0 Å². The quantitative estimate of drug-likeness (QED) is 0.839. The fraction of sp³-hybridized carbons (Fsp3) is 0.333. The third-order valence-corrected chi connectivity index (χ3v) is 2.59. The third-order valence-electron chi connectivity index (χ3n) is 2.59. The van der Waals surface area contributed by atoms with Gasteiger partial charge in [-0.2, -0.15) is 0 Å². The Morgan fingerprint density at radius 3 is 2.81 bits per heavy atom. The van der Waals surface area contributed by atoms with Gasteiger partial charge in [-0.15, -0.1) is 0 Å². The monoisotopic (exact) mass is 225 g/mol. The molecule has 1 atom stereocenters. The van der Waals surface area contributed by atoms with E-state index in [4.69, 9.17) is 10.5 Å². The largest absolute Gasteiger partial charge is 0.496 e. The van der Waals surface area contributed by atoms with Crippen molar-refractivity contribution in [3.8, 4) is 0 Å². The molecule has 0 spiro atoms. The van der Waals surface area contributed by atoms with Crippen LogP contribution < -0.4 is 5.73 Å². The molecule has 0 saturated carbocycles. The van der Waals surface area contributed by atoms with Crippen molar-refractivity contribution in [3.05, 3.63) is 47.2 Å². The van der Waals surface area contributed by atoms with Gasteiger partial charge in [0.2, 0.25) is 0 Å². The normalized spacial score (nSPS) is 17.6. The second-order valence-corrected chi connectivity index (χ2v) is 3.72. The highest BCUT2D eigenvalue weighted by molar-refractivity contribution is 5.28. The van der Waals surface area contributed by atoms with Gasteiger partial charge in [-0.1, -0.05) is 12.1 Å². The summed E-state index contributed by atoms with van der Waals surface area (Å²) in [6.07, 6.45) is 3.63. The highest BCUT2D eigenvalue weighted by Gasteiger charge is 2.20. The number of hydrogen-bond acceptors (Lipinski definition) is 2. The fourth-order valence-corrected chi connectivity index (χ4v) is 1.71. The summed E-state index contributed by atoms with van der Waals surface area (Å²) >= 11 is 0. The summed E-state index contributed by atoms with van der Waals surface area (Å²) < 4.78 is 31.8. The summed E-state index contributed by atoms with van der Waals surface area (Å²) in [5.41, 5.74) is 5.97. The van der Waals surface area contributed by atoms with Gasteiger partial charge >= 0.3 is 0 Å². The zero-order valence-electron chi connectivity index (χ0n) is 8.75. The molecule has 0 aromatic heterocycles. The van der Waals surface area contributed by atoms with Gasteiger partial charge in [0.1, 0.15) is 5.76 Å². The zero-order chi connectivity index (χ0) is 11.5. The van der Waals surface area contributed by atoms with E-state index in [9.17, 15) is 8.78 Å². The third kappa shape index (κ3) is 2.07. The number of hydrogen-bond donors (Lipinski definition) is 1. The van der Waals surface area contributed by atoms with Crippen molar-refractivity contribution in [2.24, 2.45) is 5.73 Å². The summed E-state index contributed by atoms with van der Waals surface area (Å²) in [6.45, 7) is 0.580. The summed E-state index contributed by atoms with van der Waals surface area (Å²) in [7, 11) is 0. The Bertz CT molecular complexity index is 417. The van der Waals surface area contributed by atoms with Gasteiger partial charge < -0.3 is 10.5 Å². The number of rotatable bonds is 2. The zero-order valence-corrected chi connectivity index (χ0v) is 8.75. The van der Waals surface area contributed by atoms with Crippen LogP contribution >= 0.6 is 0 Å². The molecular formula is C12H13F2NO. The van der Waals surface area contributed by atoms with Crippen molar-refractivity contribution in [1.29, 1.82) is 0 Å². The lowest BCUT2D eigenvalue weighted by molar-refractivity contribution is 0.175. The molecule has 1 aromatic carbocycles. The van der Waals surface area contributed by atoms with Crippen LogP contribution in [0.25, 0.3) is 0 Å². The number of benzene rings is 1. The lowest BCUT2D eigenvalue weighted by Crippen LogP contribution is -2.19. The molecule has 1 aliphatic heterocycles. The SMILES string of the molecule is NC(C1=CCCCO1)c1cccc(F)c1F. The molecule has 1 heterocycles. The van der Waals surface area contributed by atoms with Crippen molar-refractivity contribution < 1.29 is 13.5 Å². The summed E-state index contributed by atoms with van der Waals surface area (Å²) in [5.74, 6) is -1.26. The molecular weight excluding hydrogens is 212 g/mol. The van der Waals surface area contributed by atoms with Gasteiger partial charge in [-0.05, 0) is 25.0 Å². The lowest BCUT2D eigenvalue weighted by Gasteiger charge is -2.21. The maximum atomic E-state index is 13.5. The van der Waals surface area contributed by atoms with Gasteiger partial charge in [-0.25, -0.2) is 8.78 Å². The van der Waals surface area contributed by atoms with Crippen LogP contribution in [0.1, 0.15) is 24.4 Å². The molecule has 0 radical (unpaired) electrons. The van der Waals surface area contributed by atoms with Gasteiger partial charge in [0.25, 0.3) is 0 Å². The molecule has 2 nitrogen and oxygen atoms in total. The van der Waals surface area contributed by atoms with E-state index in [1.54, 1.807) is 0 Å². The predicted octanol–water partition coefficient (Wildman–Crippen LogP) is 2.66. The van der Waals surface area contributed by atoms with E-state index in [0.717, 1.165) is 18.9 Å². The topological polar surface area (TPSA) is 35.2 Å². The molecule has 0 bridgehead atoms. The predicted molar refractivity (Wildman–Crippen MR) is 56.6 cm³/mol. The average Bonchev–Trinajstić information content (AvgIpc) is 2.33. The highest BCUT2D eigenvalue weighted by atomic mass is 19.2. The van der Waals surface area contributed by atoms with Gasteiger partial charge in [0.05, 0.1) is 12.6 Å². The molecule has 0 saturated heterocycles. The van der Waals surface area contributed by atoms with E-state index in [1.165, 1.54) is 12.1 Å². The Kier molecular flexibility index (Phi) is 3.19. The van der Waals surface area contributed by atoms with Crippen LogP contribution in [0.5, 0.6) is 0 Å². The van der Waals surface area contributed by atoms with E-state index in [2.05, 4.69) is 0 Å². The smallest absolute Gasteiger partial charge is 0.164 e. The van der Waals surface area contributed by atoms with Crippen molar-refractivity contribution >= 4 is 0 Å². The summed E-state index contributed by atoms with van der Waals surface area (Å²) in [4.78, 5) is 0. The first-order chi connectivity index (χ1) is 7.70. The Hall–Kier alpha value is -1.42. The molecule has 0 aliphatic carbocycles. The minimum Gasteiger partial charge on any atom is -0.496 e. The Labute approximate surface area is 92.7 Å². The maximum Gasteiger partial charge on any atom is 0.164 e. The van der Waals surface area contributed by atoms with E-state index in [-0.39, 0.29) is 5.56 Å². The molecule has 4 heteroatoms.